The Kier molecular flexibility index (Phi) is 6.60. The lowest BCUT2D eigenvalue weighted by Gasteiger charge is -2.14. The van der Waals surface area contributed by atoms with E-state index in [2.05, 4.69) is 10.4 Å². The number of benzene rings is 1. The van der Waals surface area contributed by atoms with Crippen molar-refractivity contribution in [3.63, 3.8) is 0 Å². The van der Waals surface area contributed by atoms with Crippen molar-refractivity contribution >= 4 is 28.2 Å². The molecule has 7 nitrogen and oxygen atoms in total. The van der Waals surface area contributed by atoms with Crippen LogP contribution in [0.5, 0.6) is 5.75 Å². The zero-order chi connectivity index (χ0) is 22.7. The molecule has 0 spiro atoms. The van der Waals surface area contributed by atoms with E-state index in [1.165, 1.54) is 11.3 Å². The number of anilines is 1. The van der Waals surface area contributed by atoms with Crippen molar-refractivity contribution < 1.29 is 19.1 Å². The van der Waals surface area contributed by atoms with Gasteiger partial charge in [-0.25, -0.2) is 9.48 Å². The Bertz CT molecular complexity index is 1130. The van der Waals surface area contributed by atoms with Gasteiger partial charge in [0.05, 0.1) is 11.7 Å². The summed E-state index contributed by atoms with van der Waals surface area (Å²) < 4.78 is 12.8. The molecule has 0 unspecified atom stereocenters. The maximum Gasteiger partial charge on any atom is 0.341 e. The summed E-state index contributed by atoms with van der Waals surface area (Å²) in [6.45, 7) is 5.80. The van der Waals surface area contributed by atoms with Gasteiger partial charge in [0.2, 0.25) is 0 Å². The number of carbonyl (C=O) groups excluding carboxylic acids is 2. The Morgan fingerprint density at radius 3 is 2.75 bits per heavy atom. The molecule has 1 aliphatic rings. The number of rotatable bonds is 7. The number of fused-ring (bicyclic) bond motifs is 1. The minimum atomic E-state index is -0.383. The fourth-order valence-electron chi connectivity index (χ4n) is 3.72. The average Bonchev–Trinajstić information content (AvgIpc) is 3.37. The highest BCUT2D eigenvalue weighted by Gasteiger charge is 2.28. The third kappa shape index (κ3) is 4.85. The fourth-order valence-corrected chi connectivity index (χ4v) is 4.99. The number of ether oxygens (including phenoxy) is 2. The topological polar surface area (TPSA) is 82.5 Å². The number of thiophene rings is 1. The van der Waals surface area contributed by atoms with Crippen molar-refractivity contribution in [2.24, 2.45) is 0 Å². The molecule has 8 heteroatoms. The van der Waals surface area contributed by atoms with E-state index in [0.29, 0.717) is 10.6 Å². The van der Waals surface area contributed by atoms with E-state index in [0.717, 1.165) is 47.4 Å². The summed E-state index contributed by atoms with van der Waals surface area (Å²) >= 11 is 1.46. The van der Waals surface area contributed by atoms with Crippen LogP contribution in [-0.4, -0.2) is 27.8 Å². The van der Waals surface area contributed by atoms with E-state index in [1.54, 1.807) is 16.9 Å². The largest absolute Gasteiger partial charge is 0.471 e. The molecule has 0 saturated carbocycles. The molecule has 32 heavy (non-hydrogen) atoms. The molecule has 0 radical (unpaired) electrons. The lowest BCUT2D eigenvalue weighted by Crippen LogP contribution is -2.18. The van der Waals surface area contributed by atoms with Crippen LogP contribution < -0.4 is 10.1 Å². The number of hydrogen-bond donors (Lipinski definition) is 1. The Balaban J connectivity index is 1.49. The predicted octanol–water partition coefficient (Wildman–Crippen LogP) is 4.99. The molecule has 1 aromatic carbocycles. The number of aromatic nitrogens is 2. The Morgan fingerprint density at radius 1 is 1.19 bits per heavy atom. The molecule has 2 heterocycles. The Hall–Kier alpha value is -3.13. The van der Waals surface area contributed by atoms with Crippen LogP contribution in [0.4, 0.5) is 5.00 Å². The molecule has 0 bridgehead atoms. The van der Waals surface area contributed by atoms with Gasteiger partial charge >= 0.3 is 5.97 Å². The van der Waals surface area contributed by atoms with Crippen LogP contribution in [0, 0.1) is 6.92 Å². The summed E-state index contributed by atoms with van der Waals surface area (Å²) in [5.74, 6) is 0.0233. The van der Waals surface area contributed by atoms with E-state index in [1.807, 2.05) is 45.0 Å². The quantitative estimate of drug-likeness (QED) is 0.510. The first-order valence-electron chi connectivity index (χ1n) is 10.8. The third-order valence-corrected chi connectivity index (χ3v) is 6.47. The summed E-state index contributed by atoms with van der Waals surface area (Å²) in [5.41, 5.74) is 2.79. The second kappa shape index (κ2) is 9.56. The lowest BCUT2D eigenvalue weighted by molar-refractivity contribution is 0.0378. The zero-order valence-corrected chi connectivity index (χ0v) is 19.3. The molecule has 1 N–H and O–H groups in total. The number of amides is 1. The number of nitrogens with zero attached hydrogens (tertiary/aromatic N) is 2. The molecule has 1 aliphatic carbocycles. The molecule has 0 atom stereocenters. The normalized spacial score (nSPS) is 13.0. The highest BCUT2D eigenvalue weighted by atomic mass is 32.1. The van der Waals surface area contributed by atoms with Gasteiger partial charge in [0, 0.05) is 11.1 Å². The van der Waals surface area contributed by atoms with Gasteiger partial charge in [0.15, 0.2) is 12.4 Å². The van der Waals surface area contributed by atoms with Gasteiger partial charge in [-0.1, -0.05) is 18.2 Å². The highest BCUT2D eigenvalue weighted by Crippen LogP contribution is 2.39. The summed E-state index contributed by atoms with van der Waals surface area (Å²) in [5, 5.41) is 7.76. The summed E-state index contributed by atoms with van der Waals surface area (Å²) in [7, 11) is 0. The number of aryl methyl sites for hydroxylation is 2. The van der Waals surface area contributed by atoms with E-state index < -0.39 is 0 Å². The van der Waals surface area contributed by atoms with Crippen molar-refractivity contribution in [2.45, 2.75) is 59.3 Å². The van der Waals surface area contributed by atoms with Gasteiger partial charge in [0.1, 0.15) is 10.8 Å². The summed E-state index contributed by atoms with van der Waals surface area (Å²) in [6, 6.07) is 9.36. The molecule has 0 saturated heterocycles. The minimum Gasteiger partial charge on any atom is -0.471 e. The monoisotopic (exact) mass is 453 g/mol. The van der Waals surface area contributed by atoms with Crippen molar-refractivity contribution in [1.82, 2.24) is 9.78 Å². The second-order valence-corrected chi connectivity index (χ2v) is 9.21. The van der Waals surface area contributed by atoms with Crippen molar-refractivity contribution in [3.05, 3.63) is 63.8 Å². The van der Waals surface area contributed by atoms with Gasteiger partial charge in [-0.3, -0.25) is 4.79 Å². The van der Waals surface area contributed by atoms with Crippen molar-refractivity contribution in [1.29, 1.82) is 0 Å². The molecule has 4 rings (SSSR count). The zero-order valence-electron chi connectivity index (χ0n) is 18.5. The van der Waals surface area contributed by atoms with Crippen LogP contribution in [0.2, 0.25) is 0 Å². The second-order valence-electron chi connectivity index (χ2n) is 8.10. The molecule has 0 aliphatic heterocycles. The average molecular weight is 454 g/mol. The van der Waals surface area contributed by atoms with E-state index in [9.17, 15) is 9.59 Å². The van der Waals surface area contributed by atoms with E-state index in [-0.39, 0.29) is 30.4 Å². The van der Waals surface area contributed by atoms with Crippen LogP contribution in [0.25, 0.3) is 0 Å². The first-order valence-corrected chi connectivity index (χ1v) is 11.6. The SMILES string of the molecule is Cc1ccccc1OCn1ccc(C(=O)Nc2sc3c(c2C(=O)OC(C)C)CCCC3)n1. The van der Waals surface area contributed by atoms with Gasteiger partial charge in [-0.05, 0) is 69.7 Å². The third-order valence-electron chi connectivity index (χ3n) is 5.26. The van der Waals surface area contributed by atoms with E-state index >= 15 is 0 Å². The maximum absolute atomic E-state index is 12.9. The molecule has 0 fully saturated rings. The number of esters is 1. The molecule has 2 aromatic heterocycles. The maximum atomic E-state index is 12.9. The van der Waals surface area contributed by atoms with E-state index in [4.69, 9.17) is 9.47 Å². The van der Waals surface area contributed by atoms with Gasteiger partial charge in [-0.2, -0.15) is 5.10 Å². The number of para-hydroxylation sites is 1. The lowest BCUT2D eigenvalue weighted by atomic mass is 9.95. The minimum absolute atomic E-state index is 0.192. The van der Waals surface area contributed by atoms with Gasteiger partial charge in [0.25, 0.3) is 5.91 Å². The standard InChI is InChI=1S/C24H27N3O4S/c1-15(2)31-24(29)21-17-9-5-7-11-20(17)32-23(21)25-22(28)18-12-13-27(26-18)14-30-19-10-6-4-8-16(19)3/h4,6,8,10,12-13,15H,5,7,9,11,14H2,1-3H3,(H,25,28). The van der Waals surface area contributed by atoms with Crippen LogP contribution >= 0.6 is 11.3 Å². The summed E-state index contributed by atoms with van der Waals surface area (Å²) in [4.78, 5) is 26.8. The van der Waals surface area contributed by atoms with Crippen LogP contribution in [0.3, 0.4) is 0 Å². The van der Waals surface area contributed by atoms with Crippen LogP contribution in [0.15, 0.2) is 36.5 Å². The number of carbonyl (C=O) groups is 2. The molecule has 3 aromatic rings. The highest BCUT2D eigenvalue weighted by molar-refractivity contribution is 7.17. The first-order chi connectivity index (χ1) is 15.4. The first kappa shape index (κ1) is 22.1. The molecular weight excluding hydrogens is 426 g/mol. The molecular formula is C24H27N3O4S. The smallest absolute Gasteiger partial charge is 0.341 e. The molecule has 1 amide bonds. The number of hydrogen-bond acceptors (Lipinski definition) is 6. The van der Waals surface area contributed by atoms with Crippen molar-refractivity contribution in [2.75, 3.05) is 5.32 Å². The Labute approximate surface area is 191 Å². The fraction of sp³-hybridized carbons (Fsp3) is 0.375. The van der Waals surface area contributed by atoms with Crippen LogP contribution in [-0.2, 0) is 24.3 Å². The van der Waals surface area contributed by atoms with Gasteiger partial charge in [-0.15, -0.1) is 11.3 Å². The molecule has 168 valence electrons. The summed E-state index contributed by atoms with van der Waals surface area (Å²) in [6.07, 6.45) is 5.34. The van der Waals surface area contributed by atoms with Gasteiger partial charge < -0.3 is 14.8 Å². The van der Waals surface area contributed by atoms with Crippen LogP contribution in [0.1, 0.15) is 63.5 Å². The predicted molar refractivity (Wildman–Crippen MR) is 123 cm³/mol. The Morgan fingerprint density at radius 2 is 1.97 bits per heavy atom. The number of nitrogens with one attached hydrogen (secondary N) is 1. The van der Waals surface area contributed by atoms with Crippen molar-refractivity contribution in [3.8, 4) is 5.75 Å².